The summed E-state index contributed by atoms with van der Waals surface area (Å²) < 4.78 is 0. The van der Waals surface area contributed by atoms with E-state index in [-0.39, 0.29) is 17.2 Å². The molecule has 0 radical (unpaired) electrons. The Morgan fingerprint density at radius 1 is 0.900 bits per heavy atom. The summed E-state index contributed by atoms with van der Waals surface area (Å²) in [5.41, 5.74) is 1.88. The van der Waals surface area contributed by atoms with E-state index >= 15 is 0 Å². The van der Waals surface area contributed by atoms with Crippen LogP contribution in [-0.2, 0) is 0 Å². The number of nitrogens with zero attached hydrogens (tertiary/aromatic N) is 2. The molecule has 0 unspecified atom stereocenters. The molecule has 2 aromatic rings. The molecule has 2 aromatic carbocycles. The van der Waals surface area contributed by atoms with E-state index in [0.717, 1.165) is 0 Å². The largest absolute Gasteiger partial charge is 0.508 e. The fourth-order valence-corrected chi connectivity index (χ4v) is 1.50. The van der Waals surface area contributed by atoms with Crippen LogP contribution in [0.15, 0.2) is 46.8 Å². The fourth-order valence-electron chi connectivity index (χ4n) is 1.50. The molecular formula is C14H14N2O4. The molecule has 6 heteroatoms. The number of phenols is 2. The van der Waals surface area contributed by atoms with Crippen molar-refractivity contribution < 1.29 is 10.2 Å². The molecule has 0 saturated heterocycles. The zero-order valence-electron chi connectivity index (χ0n) is 11.1. The van der Waals surface area contributed by atoms with Gasteiger partial charge in [-0.1, -0.05) is 12.1 Å². The summed E-state index contributed by atoms with van der Waals surface area (Å²) in [6.45, 7) is 3.44. The molecule has 6 nitrogen and oxygen atoms in total. The van der Waals surface area contributed by atoms with Crippen molar-refractivity contribution >= 4 is 11.4 Å². The Bertz CT molecular complexity index is 606. The van der Waals surface area contributed by atoms with Gasteiger partial charge < -0.3 is 10.2 Å². The number of rotatable bonds is 2. The van der Waals surface area contributed by atoms with E-state index in [9.17, 15) is 9.81 Å². The van der Waals surface area contributed by atoms with Gasteiger partial charge in [0.25, 0.3) is 0 Å². The number of aryl methyl sites for hydroxylation is 2. The first kappa shape index (κ1) is 15.3. The second-order valence-electron chi connectivity index (χ2n) is 4.10. The van der Waals surface area contributed by atoms with Crippen LogP contribution in [0.4, 0.5) is 11.4 Å². The van der Waals surface area contributed by atoms with E-state index in [1.165, 1.54) is 24.3 Å². The maximum Gasteiger partial charge on any atom is 0.152 e. The molecule has 0 bridgehead atoms. The molecule has 104 valence electrons. The predicted octanol–water partition coefficient (Wildman–Crippen LogP) is 4.20. The second kappa shape index (κ2) is 6.98. The van der Waals surface area contributed by atoms with E-state index in [1.807, 2.05) is 0 Å². The molecule has 0 atom stereocenters. The quantitative estimate of drug-likeness (QED) is 0.801. The minimum atomic E-state index is -0.0602. The van der Waals surface area contributed by atoms with E-state index in [2.05, 4.69) is 10.4 Å². The van der Waals surface area contributed by atoms with Gasteiger partial charge >= 0.3 is 0 Å². The number of nitroso groups, excluding NO2 is 2. The first-order valence-corrected chi connectivity index (χ1v) is 5.74. The standard InChI is InChI=1S/2C7H7NO2/c1-5-4-6(9)2-3-7(5)8-10;1-5-3-2-4-6(9)7(5)8-10/h2*2-4,9H,1H3. The third-order valence-electron chi connectivity index (χ3n) is 2.59. The Kier molecular flexibility index (Phi) is 5.34. The maximum atomic E-state index is 10.0. The number of benzene rings is 2. The van der Waals surface area contributed by atoms with Crippen LogP contribution >= 0.6 is 0 Å². The molecule has 0 fully saturated rings. The van der Waals surface area contributed by atoms with Crippen molar-refractivity contribution in [1.29, 1.82) is 0 Å². The normalized spacial score (nSPS) is 9.30. The van der Waals surface area contributed by atoms with E-state index in [1.54, 1.807) is 26.0 Å². The van der Waals surface area contributed by atoms with Crippen molar-refractivity contribution in [2.75, 3.05) is 0 Å². The summed E-state index contributed by atoms with van der Waals surface area (Å²) in [7, 11) is 0. The molecular weight excluding hydrogens is 260 g/mol. The monoisotopic (exact) mass is 274 g/mol. The van der Waals surface area contributed by atoms with Crippen LogP contribution in [0, 0.1) is 23.7 Å². The molecule has 20 heavy (non-hydrogen) atoms. The maximum absolute atomic E-state index is 10.0. The van der Waals surface area contributed by atoms with Gasteiger partial charge in [-0.25, -0.2) is 0 Å². The molecule has 0 heterocycles. The predicted molar refractivity (Wildman–Crippen MR) is 76.6 cm³/mol. The lowest BCUT2D eigenvalue weighted by Gasteiger charge is -1.96. The lowest BCUT2D eigenvalue weighted by atomic mass is 10.2. The number of phenolic OH excluding ortho intramolecular Hbond substituents is 2. The highest BCUT2D eigenvalue weighted by atomic mass is 16.3. The number of hydrogen-bond donors (Lipinski definition) is 2. The van der Waals surface area contributed by atoms with Crippen LogP contribution < -0.4 is 0 Å². The van der Waals surface area contributed by atoms with Crippen molar-refractivity contribution in [1.82, 2.24) is 0 Å². The average molecular weight is 274 g/mol. The van der Waals surface area contributed by atoms with Crippen molar-refractivity contribution in [2.24, 2.45) is 10.4 Å². The SMILES string of the molecule is Cc1cc(O)ccc1N=O.Cc1cccc(O)c1N=O. The van der Waals surface area contributed by atoms with Crippen LogP contribution in [0.1, 0.15) is 11.1 Å². The molecule has 0 aliphatic carbocycles. The van der Waals surface area contributed by atoms with Gasteiger partial charge in [0.15, 0.2) is 5.69 Å². The van der Waals surface area contributed by atoms with Crippen LogP contribution in [0.5, 0.6) is 11.5 Å². The van der Waals surface area contributed by atoms with Crippen molar-refractivity contribution in [3.63, 3.8) is 0 Å². The Balaban J connectivity index is 0.000000200. The van der Waals surface area contributed by atoms with Gasteiger partial charge in [0.05, 0.1) is 0 Å². The van der Waals surface area contributed by atoms with Gasteiger partial charge in [0.1, 0.15) is 17.2 Å². The molecule has 0 spiro atoms. The minimum absolute atomic E-state index is 0.0602. The van der Waals surface area contributed by atoms with E-state index < -0.39 is 0 Å². The molecule has 2 rings (SSSR count). The number of hydrogen-bond acceptors (Lipinski definition) is 6. The molecule has 0 saturated carbocycles. The topological polar surface area (TPSA) is 99.3 Å². The average Bonchev–Trinajstić information content (AvgIpc) is 2.40. The van der Waals surface area contributed by atoms with Gasteiger partial charge in [-0.05, 0) is 59.6 Å². The third kappa shape index (κ3) is 3.88. The molecule has 2 N–H and O–H groups in total. The molecule has 0 aliphatic heterocycles. The van der Waals surface area contributed by atoms with Gasteiger partial charge in [0, 0.05) is 0 Å². The molecule has 0 aromatic heterocycles. The smallest absolute Gasteiger partial charge is 0.152 e. The summed E-state index contributed by atoms with van der Waals surface area (Å²) in [6.07, 6.45) is 0. The Labute approximate surface area is 115 Å². The Morgan fingerprint density at radius 2 is 1.60 bits per heavy atom. The Hall–Kier alpha value is -2.76. The summed E-state index contributed by atoms with van der Waals surface area (Å²) in [6, 6.07) is 9.23. The zero-order chi connectivity index (χ0) is 15.1. The van der Waals surface area contributed by atoms with Crippen LogP contribution in [0.2, 0.25) is 0 Å². The third-order valence-corrected chi connectivity index (χ3v) is 2.59. The fraction of sp³-hybridized carbons (Fsp3) is 0.143. The highest BCUT2D eigenvalue weighted by Crippen LogP contribution is 2.28. The van der Waals surface area contributed by atoms with Crippen molar-refractivity contribution in [3.05, 3.63) is 57.3 Å². The molecule has 0 aliphatic rings. The summed E-state index contributed by atoms with van der Waals surface area (Å²) in [5.74, 6) is 0.0971. The second-order valence-corrected chi connectivity index (χ2v) is 4.10. The first-order valence-electron chi connectivity index (χ1n) is 5.74. The first-order chi connectivity index (χ1) is 9.49. The van der Waals surface area contributed by atoms with Gasteiger partial charge in [-0.15, -0.1) is 9.81 Å². The van der Waals surface area contributed by atoms with Gasteiger partial charge in [-0.2, -0.15) is 0 Å². The van der Waals surface area contributed by atoms with Crippen LogP contribution in [0.25, 0.3) is 0 Å². The summed E-state index contributed by atoms with van der Waals surface area (Å²) in [4.78, 5) is 20.0. The van der Waals surface area contributed by atoms with E-state index in [4.69, 9.17) is 10.2 Å². The Morgan fingerprint density at radius 3 is 2.05 bits per heavy atom. The highest BCUT2D eigenvalue weighted by Gasteiger charge is 2.01. The van der Waals surface area contributed by atoms with Crippen LogP contribution in [-0.4, -0.2) is 10.2 Å². The van der Waals surface area contributed by atoms with E-state index in [0.29, 0.717) is 16.8 Å². The number of aromatic hydroxyl groups is 2. The molecule has 0 amide bonds. The van der Waals surface area contributed by atoms with Crippen LogP contribution in [0.3, 0.4) is 0 Å². The van der Waals surface area contributed by atoms with Gasteiger partial charge in [-0.3, -0.25) is 0 Å². The zero-order valence-corrected chi connectivity index (χ0v) is 11.1. The van der Waals surface area contributed by atoms with Crippen molar-refractivity contribution in [3.8, 4) is 11.5 Å². The lowest BCUT2D eigenvalue weighted by molar-refractivity contribution is 0.475. The minimum Gasteiger partial charge on any atom is -0.508 e. The summed E-state index contributed by atoms with van der Waals surface area (Å²) >= 11 is 0. The van der Waals surface area contributed by atoms with Gasteiger partial charge in [0.2, 0.25) is 0 Å². The lowest BCUT2D eigenvalue weighted by Crippen LogP contribution is -1.72. The van der Waals surface area contributed by atoms with Crippen molar-refractivity contribution in [2.45, 2.75) is 13.8 Å². The highest BCUT2D eigenvalue weighted by molar-refractivity contribution is 5.55. The summed E-state index contributed by atoms with van der Waals surface area (Å²) in [5, 5.41) is 23.3.